The highest BCUT2D eigenvalue weighted by Crippen LogP contribution is 2.32. The van der Waals surface area contributed by atoms with E-state index in [9.17, 15) is 0 Å². The van der Waals surface area contributed by atoms with Crippen LogP contribution in [0.4, 0.5) is 0 Å². The second kappa shape index (κ2) is 8.28. The number of likely N-dealkylation sites (N-methyl/N-ethyl adjacent to an activating group) is 1. The SMILES string of the molecule is CCCCN(C)CC(Cl)c1ccc(OC)c(OC)c1. The topological polar surface area (TPSA) is 21.7 Å². The van der Waals surface area contributed by atoms with E-state index in [0.717, 1.165) is 30.2 Å². The van der Waals surface area contributed by atoms with Gasteiger partial charge in [-0.25, -0.2) is 0 Å². The number of benzene rings is 1. The van der Waals surface area contributed by atoms with Gasteiger partial charge in [-0.2, -0.15) is 0 Å². The predicted molar refractivity (Wildman–Crippen MR) is 80.5 cm³/mol. The van der Waals surface area contributed by atoms with E-state index in [1.54, 1.807) is 14.2 Å². The van der Waals surface area contributed by atoms with Crippen LogP contribution in [-0.4, -0.2) is 39.3 Å². The Labute approximate surface area is 121 Å². The van der Waals surface area contributed by atoms with Crippen molar-refractivity contribution in [3.05, 3.63) is 23.8 Å². The molecule has 0 bridgehead atoms. The van der Waals surface area contributed by atoms with Crippen LogP contribution in [0.2, 0.25) is 0 Å². The first-order chi connectivity index (χ1) is 9.12. The van der Waals surface area contributed by atoms with Gasteiger partial charge in [0, 0.05) is 6.54 Å². The summed E-state index contributed by atoms with van der Waals surface area (Å²) in [5.41, 5.74) is 1.06. The average molecular weight is 286 g/mol. The van der Waals surface area contributed by atoms with Crippen LogP contribution in [0.3, 0.4) is 0 Å². The van der Waals surface area contributed by atoms with Gasteiger partial charge in [-0.15, -0.1) is 11.6 Å². The fourth-order valence-electron chi connectivity index (χ4n) is 1.95. The van der Waals surface area contributed by atoms with Crippen LogP contribution in [0.1, 0.15) is 30.7 Å². The average Bonchev–Trinajstić information content (AvgIpc) is 2.44. The van der Waals surface area contributed by atoms with Gasteiger partial charge < -0.3 is 14.4 Å². The predicted octanol–water partition coefficient (Wildman–Crippen LogP) is 3.72. The maximum absolute atomic E-state index is 6.47. The fraction of sp³-hybridized carbons (Fsp3) is 0.600. The maximum Gasteiger partial charge on any atom is 0.161 e. The summed E-state index contributed by atoms with van der Waals surface area (Å²) in [5, 5.41) is -0.0401. The normalized spacial score (nSPS) is 12.5. The van der Waals surface area contributed by atoms with E-state index in [-0.39, 0.29) is 5.38 Å². The highest BCUT2D eigenvalue weighted by molar-refractivity contribution is 6.21. The Morgan fingerprint density at radius 1 is 1.21 bits per heavy atom. The third-order valence-electron chi connectivity index (χ3n) is 3.13. The number of methoxy groups -OCH3 is 2. The molecule has 0 radical (unpaired) electrons. The second-order valence-electron chi connectivity index (χ2n) is 4.70. The van der Waals surface area contributed by atoms with Gasteiger partial charge in [0.1, 0.15) is 0 Å². The van der Waals surface area contributed by atoms with Gasteiger partial charge in [0.05, 0.1) is 19.6 Å². The van der Waals surface area contributed by atoms with Crippen LogP contribution >= 0.6 is 11.6 Å². The molecule has 1 aromatic rings. The van der Waals surface area contributed by atoms with Crippen molar-refractivity contribution in [3.8, 4) is 11.5 Å². The lowest BCUT2D eigenvalue weighted by Gasteiger charge is -2.20. The zero-order valence-corrected chi connectivity index (χ0v) is 13.0. The van der Waals surface area contributed by atoms with Crippen LogP contribution in [0, 0.1) is 0 Å². The highest BCUT2D eigenvalue weighted by atomic mass is 35.5. The number of hydrogen-bond donors (Lipinski definition) is 0. The quantitative estimate of drug-likeness (QED) is 0.680. The molecule has 1 atom stereocenters. The number of ether oxygens (including phenoxy) is 2. The number of nitrogens with zero attached hydrogens (tertiary/aromatic N) is 1. The van der Waals surface area contributed by atoms with Crippen molar-refractivity contribution in [1.29, 1.82) is 0 Å². The van der Waals surface area contributed by atoms with E-state index in [0.29, 0.717) is 0 Å². The molecule has 19 heavy (non-hydrogen) atoms. The Morgan fingerprint density at radius 2 is 1.89 bits per heavy atom. The molecule has 4 heteroatoms. The van der Waals surface area contributed by atoms with Crippen molar-refractivity contribution in [1.82, 2.24) is 4.90 Å². The molecule has 0 fully saturated rings. The molecule has 1 unspecified atom stereocenters. The van der Waals surface area contributed by atoms with E-state index < -0.39 is 0 Å². The van der Waals surface area contributed by atoms with Crippen LogP contribution in [0.25, 0.3) is 0 Å². The largest absolute Gasteiger partial charge is 0.493 e. The molecule has 0 saturated heterocycles. The van der Waals surface area contributed by atoms with Crippen LogP contribution in [0.5, 0.6) is 11.5 Å². The van der Waals surface area contributed by atoms with Crippen LogP contribution < -0.4 is 9.47 Å². The number of unbranched alkanes of at least 4 members (excludes halogenated alkanes) is 1. The highest BCUT2D eigenvalue weighted by Gasteiger charge is 2.13. The molecule has 0 aliphatic carbocycles. The van der Waals surface area contributed by atoms with Crippen molar-refractivity contribution in [2.45, 2.75) is 25.1 Å². The molecule has 0 saturated carbocycles. The zero-order valence-electron chi connectivity index (χ0n) is 12.3. The van der Waals surface area contributed by atoms with Crippen molar-refractivity contribution < 1.29 is 9.47 Å². The smallest absolute Gasteiger partial charge is 0.161 e. The summed E-state index contributed by atoms with van der Waals surface area (Å²) in [4.78, 5) is 2.26. The van der Waals surface area contributed by atoms with E-state index >= 15 is 0 Å². The Hall–Kier alpha value is -0.930. The lowest BCUT2D eigenvalue weighted by atomic mass is 10.1. The van der Waals surface area contributed by atoms with Gasteiger partial charge in [-0.1, -0.05) is 19.4 Å². The Balaban J connectivity index is 2.68. The third-order valence-corrected chi connectivity index (χ3v) is 3.52. The monoisotopic (exact) mass is 285 g/mol. The Kier molecular flexibility index (Phi) is 7.03. The molecule has 0 N–H and O–H groups in total. The first-order valence-electron chi connectivity index (χ1n) is 6.66. The Bertz CT molecular complexity index is 384. The van der Waals surface area contributed by atoms with Crippen molar-refractivity contribution in [2.24, 2.45) is 0 Å². The minimum Gasteiger partial charge on any atom is -0.493 e. The molecule has 108 valence electrons. The lowest BCUT2D eigenvalue weighted by Crippen LogP contribution is -2.23. The summed E-state index contributed by atoms with van der Waals surface area (Å²) in [5.74, 6) is 1.45. The summed E-state index contributed by atoms with van der Waals surface area (Å²) < 4.78 is 10.5. The van der Waals surface area contributed by atoms with Gasteiger partial charge in [-0.3, -0.25) is 0 Å². The van der Waals surface area contributed by atoms with Gasteiger partial charge in [0.25, 0.3) is 0 Å². The number of halogens is 1. The Morgan fingerprint density at radius 3 is 2.47 bits per heavy atom. The summed E-state index contributed by atoms with van der Waals surface area (Å²) in [6, 6.07) is 5.84. The molecule has 0 heterocycles. The van der Waals surface area contributed by atoms with Gasteiger partial charge >= 0.3 is 0 Å². The molecular weight excluding hydrogens is 262 g/mol. The van der Waals surface area contributed by atoms with Gasteiger partial charge in [0.15, 0.2) is 11.5 Å². The molecule has 0 aliphatic rings. The lowest BCUT2D eigenvalue weighted by molar-refractivity contribution is 0.327. The molecule has 1 rings (SSSR count). The maximum atomic E-state index is 6.47. The molecular formula is C15H24ClNO2. The third kappa shape index (κ3) is 4.92. The number of alkyl halides is 1. The van der Waals surface area contributed by atoms with E-state index in [1.165, 1.54) is 12.8 Å². The minimum absolute atomic E-state index is 0.0401. The standard InChI is InChI=1S/C15H24ClNO2/c1-5-6-9-17(2)11-13(16)12-7-8-14(18-3)15(10-12)19-4/h7-8,10,13H,5-6,9,11H2,1-4H3. The van der Waals surface area contributed by atoms with Crippen molar-refractivity contribution in [2.75, 3.05) is 34.4 Å². The fourth-order valence-corrected chi connectivity index (χ4v) is 2.32. The van der Waals surface area contributed by atoms with Crippen molar-refractivity contribution >= 4 is 11.6 Å². The van der Waals surface area contributed by atoms with Crippen LogP contribution in [-0.2, 0) is 0 Å². The van der Waals surface area contributed by atoms with Gasteiger partial charge in [-0.05, 0) is 37.7 Å². The first-order valence-corrected chi connectivity index (χ1v) is 7.10. The number of rotatable bonds is 8. The molecule has 0 aromatic heterocycles. The summed E-state index contributed by atoms with van der Waals surface area (Å²) >= 11 is 6.47. The van der Waals surface area contributed by atoms with E-state index in [4.69, 9.17) is 21.1 Å². The first kappa shape index (κ1) is 16.1. The van der Waals surface area contributed by atoms with Crippen molar-refractivity contribution in [3.63, 3.8) is 0 Å². The molecule has 3 nitrogen and oxygen atoms in total. The summed E-state index contributed by atoms with van der Waals surface area (Å²) in [6.07, 6.45) is 2.40. The molecule has 0 spiro atoms. The zero-order chi connectivity index (χ0) is 14.3. The number of hydrogen-bond acceptors (Lipinski definition) is 3. The molecule has 0 aliphatic heterocycles. The summed E-state index contributed by atoms with van der Waals surface area (Å²) in [7, 11) is 5.37. The molecule has 0 amide bonds. The summed E-state index contributed by atoms with van der Waals surface area (Å²) in [6.45, 7) is 4.10. The van der Waals surface area contributed by atoms with Gasteiger partial charge in [0.2, 0.25) is 0 Å². The second-order valence-corrected chi connectivity index (χ2v) is 5.22. The minimum atomic E-state index is -0.0401. The van der Waals surface area contributed by atoms with Crippen LogP contribution in [0.15, 0.2) is 18.2 Å². The van der Waals surface area contributed by atoms with E-state index in [2.05, 4.69) is 18.9 Å². The molecule has 1 aromatic carbocycles. The van der Waals surface area contributed by atoms with E-state index in [1.807, 2.05) is 18.2 Å².